The highest BCUT2D eigenvalue weighted by atomic mass is 15.2. The smallest absolute Gasteiger partial charge is 0.0716 e. The van der Waals surface area contributed by atoms with E-state index >= 15 is 0 Å². The van der Waals surface area contributed by atoms with Gasteiger partial charge in [0, 0.05) is 0 Å². The maximum Gasteiger partial charge on any atom is 0.0716 e. The van der Waals surface area contributed by atoms with E-state index < -0.39 is 0 Å². The topological polar surface area (TPSA) is 64.1 Å². The van der Waals surface area contributed by atoms with Crippen LogP contribution in [0.5, 0.6) is 0 Å². The highest BCUT2D eigenvalue weighted by Gasteiger charge is 2.01. The van der Waals surface area contributed by atoms with Crippen molar-refractivity contribution in [1.82, 2.24) is 5.43 Å². The van der Waals surface area contributed by atoms with Gasteiger partial charge in [-0.2, -0.15) is 0 Å². The summed E-state index contributed by atoms with van der Waals surface area (Å²) in [6, 6.07) is 7.90. The average Bonchev–Trinajstić information content (AvgIpc) is 2.19. The number of benzene rings is 1. The quantitative estimate of drug-likeness (QED) is 0.381. The summed E-state index contributed by atoms with van der Waals surface area (Å²) in [6.45, 7) is 5.63. The maximum absolute atomic E-state index is 5.90. The van der Waals surface area contributed by atoms with Gasteiger partial charge in [-0.05, 0) is 24.6 Å². The van der Waals surface area contributed by atoms with Gasteiger partial charge in [-0.25, -0.2) is 0 Å². The standard InChI is InChI=1S/C11H15N3/c1-3-10(14-13)11(12)9-6-4-5-8(2)7-9/h3-7,14H,1,12-13H2,2H3/b11-10-. The van der Waals surface area contributed by atoms with E-state index in [1.807, 2.05) is 31.2 Å². The number of nitrogens with one attached hydrogen (secondary N) is 1. The van der Waals surface area contributed by atoms with Gasteiger partial charge in [-0.1, -0.05) is 30.3 Å². The second-order valence-electron chi connectivity index (χ2n) is 3.05. The normalized spacial score (nSPS) is 11.9. The molecule has 1 aromatic carbocycles. The van der Waals surface area contributed by atoms with Crippen LogP contribution in [0.3, 0.4) is 0 Å². The molecule has 0 aliphatic rings. The molecule has 3 heteroatoms. The van der Waals surface area contributed by atoms with Gasteiger partial charge >= 0.3 is 0 Å². The van der Waals surface area contributed by atoms with Crippen LogP contribution in [0.4, 0.5) is 0 Å². The summed E-state index contributed by atoms with van der Waals surface area (Å²) in [6.07, 6.45) is 1.59. The first-order valence-corrected chi connectivity index (χ1v) is 4.35. The van der Waals surface area contributed by atoms with Crippen molar-refractivity contribution in [3.8, 4) is 0 Å². The van der Waals surface area contributed by atoms with Crippen molar-refractivity contribution in [2.75, 3.05) is 0 Å². The van der Waals surface area contributed by atoms with E-state index in [4.69, 9.17) is 11.6 Å². The zero-order valence-corrected chi connectivity index (χ0v) is 8.25. The van der Waals surface area contributed by atoms with Crippen LogP contribution in [0.1, 0.15) is 11.1 Å². The molecule has 1 rings (SSSR count). The molecule has 5 N–H and O–H groups in total. The molecule has 0 fully saturated rings. The number of hydrazine groups is 1. The summed E-state index contributed by atoms with van der Waals surface area (Å²) < 4.78 is 0. The summed E-state index contributed by atoms with van der Waals surface area (Å²) in [5, 5.41) is 0. The van der Waals surface area contributed by atoms with E-state index in [0.717, 1.165) is 11.1 Å². The van der Waals surface area contributed by atoms with Crippen LogP contribution in [-0.2, 0) is 0 Å². The Morgan fingerprint density at radius 1 is 1.50 bits per heavy atom. The fourth-order valence-corrected chi connectivity index (χ4v) is 1.21. The number of nitrogens with two attached hydrogens (primary N) is 2. The Labute approximate surface area is 84.1 Å². The Bertz CT molecular complexity index is 367. The Balaban J connectivity index is 3.16. The number of hydrogen-bond acceptors (Lipinski definition) is 3. The van der Waals surface area contributed by atoms with Crippen LogP contribution in [0, 0.1) is 6.92 Å². The SMILES string of the molecule is C=C/C(NN)=C(/N)c1cccc(C)c1. The first-order valence-electron chi connectivity index (χ1n) is 4.35. The van der Waals surface area contributed by atoms with Crippen molar-refractivity contribution in [2.24, 2.45) is 11.6 Å². The maximum atomic E-state index is 5.90. The molecule has 0 radical (unpaired) electrons. The van der Waals surface area contributed by atoms with Crippen molar-refractivity contribution >= 4 is 5.70 Å². The molecule has 0 aromatic heterocycles. The Morgan fingerprint density at radius 2 is 2.21 bits per heavy atom. The summed E-state index contributed by atoms with van der Waals surface area (Å²) in [4.78, 5) is 0. The molecule has 3 nitrogen and oxygen atoms in total. The molecule has 0 saturated carbocycles. The third-order valence-corrected chi connectivity index (χ3v) is 1.98. The van der Waals surface area contributed by atoms with Gasteiger partial charge in [0.2, 0.25) is 0 Å². The lowest BCUT2D eigenvalue weighted by atomic mass is 10.1. The van der Waals surface area contributed by atoms with Crippen LogP contribution in [-0.4, -0.2) is 0 Å². The molecule has 0 bridgehead atoms. The van der Waals surface area contributed by atoms with Crippen molar-refractivity contribution in [1.29, 1.82) is 0 Å². The van der Waals surface area contributed by atoms with Crippen molar-refractivity contribution in [2.45, 2.75) is 6.92 Å². The molecule has 0 aliphatic heterocycles. The highest BCUT2D eigenvalue weighted by molar-refractivity contribution is 5.67. The molecular formula is C11H15N3. The molecule has 0 amide bonds. The van der Waals surface area contributed by atoms with Gasteiger partial charge in [0.05, 0.1) is 11.4 Å². The first-order chi connectivity index (χ1) is 6.69. The van der Waals surface area contributed by atoms with Crippen LogP contribution in [0.15, 0.2) is 42.6 Å². The predicted octanol–water partition coefficient (Wildman–Crippen LogP) is 1.27. The first kappa shape index (κ1) is 10.3. The molecule has 0 aliphatic carbocycles. The molecule has 0 atom stereocenters. The molecule has 0 heterocycles. The van der Waals surface area contributed by atoms with E-state index in [0.29, 0.717) is 11.4 Å². The Hall–Kier alpha value is -1.74. The van der Waals surface area contributed by atoms with E-state index in [2.05, 4.69) is 12.0 Å². The fourth-order valence-electron chi connectivity index (χ4n) is 1.21. The largest absolute Gasteiger partial charge is 0.397 e. The number of hydrogen-bond donors (Lipinski definition) is 3. The Kier molecular flexibility index (Phi) is 3.31. The van der Waals surface area contributed by atoms with E-state index in [9.17, 15) is 0 Å². The third kappa shape index (κ3) is 2.14. The Morgan fingerprint density at radius 3 is 2.71 bits per heavy atom. The van der Waals surface area contributed by atoms with Gasteiger partial charge in [0.25, 0.3) is 0 Å². The minimum absolute atomic E-state index is 0.603. The van der Waals surface area contributed by atoms with Gasteiger partial charge in [-0.3, -0.25) is 5.84 Å². The van der Waals surface area contributed by atoms with Gasteiger partial charge in [0.1, 0.15) is 0 Å². The predicted molar refractivity (Wildman–Crippen MR) is 59.8 cm³/mol. The molecule has 74 valence electrons. The van der Waals surface area contributed by atoms with Crippen LogP contribution in [0.25, 0.3) is 5.70 Å². The van der Waals surface area contributed by atoms with Gasteiger partial charge < -0.3 is 11.2 Å². The van der Waals surface area contributed by atoms with Crippen molar-refractivity contribution in [3.63, 3.8) is 0 Å². The van der Waals surface area contributed by atoms with Gasteiger partial charge in [-0.15, -0.1) is 0 Å². The zero-order chi connectivity index (χ0) is 10.6. The molecule has 14 heavy (non-hydrogen) atoms. The van der Waals surface area contributed by atoms with Crippen molar-refractivity contribution < 1.29 is 0 Å². The lowest BCUT2D eigenvalue weighted by molar-refractivity contribution is 0.917. The number of rotatable bonds is 3. The molecule has 0 spiro atoms. The second kappa shape index (κ2) is 4.48. The second-order valence-corrected chi connectivity index (χ2v) is 3.05. The summed E-state index contributed by atoms with van der Waals surface area (Å²) in [5.74, 6) is 5.30. The zero-order valence-electron chi connectivity index (χ0n) is 8.25. The number of aryl methyl sites for hydroxylation is 1. The lowest BCUT2D eigenvalue weighted by Gasteiger charge is -2.08. The van der Waals surface area contributed by atoms with E-state index in [1.165, 1.54) is 0 Å². The average molecular weight is 189 g/mol. The monoisotopic (exact) mass is 189 g/mol. The van der Waals surface area contributed by atoms with Gasteiger partial charge in [0.15, 0.2) is 0 Å². The summed E-state index contributed by atoms with van der Waals surface area (Å²) in [5.41, 5.74) is 11.7. The molecule has 1 aromatic rings. The van der Waals surface area contributed by atoms with Crippen LogP contribution >= 0.6 is 0 Å². The summed E-state index contributed by atoms with van der Waals surface area (Å²) in [7, 11) is 0. The molecule has 0 saturated heterocycles. The molecule has 0 unspecified atom stereocenters. The lowest BCUT2D eigenvalue weighted by Crippen LogP contribution is -2.23. The van der Waals surface area contributed by atoms with Crippen LogP contribution in [0.2, 0.25) is 0 Å². The number of allylic oxidation sites excluding steroid dienone is 1. The van der Waals surface area contributed by atoms with E-state index in [-0.39, 0.29) is 0 Å². The highest BCUT2D eigenvalue weighted by Crippen LogP contribution is 2.13. The molecular weight excluding hydrogens is 174 g/mol. The minimum Gasteiger partial charge on any atom is -0.397 e. The summed E-state index contributed by atoms with van der Waals surface area (Å²) >= 11 is 0. The fraction of sp³-hybridized carbons (Fsp3) is 0.0909. The van der Waals surface area contributed by atoms with Crippen molar-refractivity contribution in [3.05, 3.63) is 53.7 Å². The third-order valence-electron chi connectivity index (χ3n) is 1.98. The van der Waals surface area contributed by atoms with Crippen LogP contribution < -0.4 is 17.0 Å². The minimum atomic E-state index is 0.603. The van der Waals surface area contributed by atoms with E-state index in [1.54, 1.807) is 6.08 Å².